The van der Waals surface area contributed by atoms with E-state index in [1.54, 1.807) is 44.2 Å². The summed E-state index contributed by atoms with van der Waals surface area (Å²) in [5.74, 6) is -1.86. The molecule has 0 saturated carbocycles. The van der Waals surface area contributed by atoms with E-state index in [1.165, 1.54) is 0 Å². The van der Waals surface area contributed by atoms with Crippen LogP contribution in [-0.2, 0) is 9.59 Å². The second kappa shape index (κ2) is 8.78. The van der Waals surface area contributed by atoms with E-state index in [1.807, 2.05) is 0 Å². The van der Waals surface area contributed by atoms with Crippen molar-refractivity contribution in [2.45, 2.75) is 13.8 Å². The van der Waals surface area contributed by atoms with Crippen LogP contribution in [0.2, 0.25) is 0 Å². The predicted molar refractivity (Wildman–Crippen MR) is 102 cm³/mol. The highest BCUT2D eigenvalue weighted by molar-refractivity contribution is 9.10. The number of amides is 2. The summed E-state index contributed by atoms with van der Waals surface area (Å²) >= 11 is 3.36. The molecule has 25 heavy (non-hydrogen) atoms. The van der Waals surface area contributed by atoms with Crippen LogP contribution in [0.4, 0.5) is 0 Å². The maximum atomic E-state index is 11.9. The minimum atomic E-state index is -0.492. The fourth-order valence-corrected chi connectivity index (χ4v) is 2.22. The Kier molecular flexibility index (Phi) is 7.06. The van der Waals surface area contributed by atoms with Crippen molar-refractivity contribution in [3.63, 3.8) is 0 Å². The fourth-order valence-electron chi connectivity index (χ4n) is 1.84. The van der Waals surface area contributed by atoms with E-state index in [2.05, 4.69) is 26.6 Å². The van der Waals surface area contributed by atoms with Gasteiger partial charge in [-0.15, -0.1) is 0 Å². The lowest BCUT2D eigenvalue weighted by molar-refractivity contribution is -0.116. The number of nitrogens with one attached hydrogen (secondary N) is 4. The van der Waals surface area contributed by atoms with Gasteiger partial charge in [0.2, 0.25) is 0 Å². The molecule has 8 N–H and O–H groups in total. The average Bonchev–Trinajstić information content (AvgIpc) is 2.48. The largest absolute Gasteiger partial charge is 0.370 e. The Hall–Kier alpha value is -2.94. The quantitative estimate of drug-likeness (QED) is 0.252. The molecule has 0 aliphatic heterocycles. The van der Waals surface area contributed by atoms with Crippen molar-refractivity contribution in [1.29, 1.82) is 10.8 Å². The lowest BCUT2D eigenvalue weighted by atomic mass is 10.0. The number of nitrogens with two attached hydrogens (primary N) is 2. The van der Waals surface area contributed by atoms with Crippen molar-refractivity contribution in [2.24, 2.45) is 11.5 Å². The van der Waals surface area contributed by atoms with Gasteiger partial charge in [0, 0.05) is 15.6 Å². The van der Waals surface area contributed by atoms with Gasteiger partial charge in [0.1, 0.15) is 0 Å². The van der Waals surface area contributed by atoms with Crippen molar-refractivity contribution in [1.82, 2.24) is 10.6 Å². The van der Waals surface area contributed by atoms with E-state index in [4.69, 9.17) is 22.3 Å². The van der Waals surface area contributed by atoms with Gasteiger partial charge in [-0.1, -0.05) is 22.0 Å². The van der Waals surface area contributed by atoms with Crippen LogP contribution in [0.5, 0.6) is 0 Å². The molecular weight excluding hydrogens is 388 g/mol. The summed E-state index contributed by atoms with van der Waals surface area (Å²) in [6.07, 6.45) is 3.23. The number of carbonyl (C=O) groups excluding carboxylic acids is 2. The van der Waals surface area contributed by atoms with E-state index >= 15 is 0 Å². The standard InChI is InChI=1S/C16H19BrN6O2/c1-8(13(24)22-15(18)19)5-10-3-4-12(17)7-11(10)6-9(2)14(25)23-16(20)21/h3-7H,1-2H3,(H4,18,19,22,24)(H4,20,21,23,25)/b8-5+,9-6+. The van der Waals surface area contributed by atoms with Crippen LogP contribution in [0, 0.1) is 10.8 Å². The highest BCUT2D eigenvalue weighted by Gasteiger charge is 2.09. The minimum Gasteiger partial charge on any atom is -0.370 e. The van der Waals surface area contributed by atoms with Crippen LogP contribution >= 0.6 is 15.9 Å². The zero-order valence-corrected chi connectivity index (χ0v) is 15.3. The zero-order chi connectivity index (χ0) is 19.1. The van der Waals surface area contributed by atoms with Crippen LogP contribution in [0.15, 0.2) is 33.8 Å². The Morgan fingerprint density at radius 1 is 0.960 bits per heavy atom. The SMILES string of the molecule is C/C(=C\c1ccc(Br)cc1/C=C(\C)C(=O)NC(=N)N)C(=O)NC(=N)N. The van der Waals surface area contributed by atoms with Crippen LogP contribution in [0.1, 0.15) is 25.0 Å². The lowest BCUT2D eigenvalue weighted by Gasteiger charge is -2.08. The van der Waals surface area contributed by atoms with Gasteiger partial charge in [0.15, 0.2) is 11.9 Å². The molecular formula is C16H19BrN6O2. The second-order valence-corrected chi connectivity index (χ2v) is 6.08. The summed E-state index contributed by atoms with van der Waals surface area (Å²) in [5.41, 5.74) is 12.4. The Morgan fingerprint density at radius 3 is 1.84 bits per heavy atom. The molecule has 0 aliphatic carbocycles. The summed E-state index contributed by atoms with van der Waals surface area (Å²) < 4.78 is 0.793. The molecule has 0 fully saturated rings. The maximum absolute atomic E-state index is 11.9. The number of hydrogen-bond acceptors (Lipinski definition) is 4. The van der Waals surface area contributed by atoms with Crippen molar-refractivity contribution in [3.05, 3.63) is 44.9 Å². The molecule has 0 saturated heterocycles. The first-order valence-corrected chi connectivity index (χ1v) is 7.86. The van der Waals surface area contributed by atoms with Crippen molar-refractivity contribution in [2.75, 3.05) is 0 Å². The van der Waals surface area contributed by atoms with Gasteiger partial charge in [-0.2, -0.15) is 0 Å². The molecule has 0 aromatic heterocycles. The fraction of sp³-hybridized carbons (Fsp3) is 0.125. The summed E-state index contributed by atoms with van der Waals surface area (Å²) in [5, 5.41) is 18.6. The van der Waals surface area contributed by atoms with E-state index < -0.39 is 23.7 Å². The van der Waals surface area contributed by atoms with Gasteiger partial charge < -0.3 is 11.5 Å². The Bertz CT molecular complexity index is 798. The molecule has 1 aromatic rings. The van der Waals surface area contributed by atoms with Gasteiger partial charge in [-0.25, -0.2) is 0 Å². The third kappa shape index (κ3) is 6.60. The monoisotopic (exact) mass is 406 g/mol. The van der Waals surface area contributed by atoms with Crippen LogP contribution in [-0.4, -0.2) is 23.7 Å². The van der Waals surface area contributed by atoms with Crippen LogP contribution in [0.25, 0.3) is 12.2 Å². The molecule has 0 unspecified atom stereocenters. The first-order valence-electron chi connectivity index (χ1n) is 7.07. The highest BCUT2D eigenvalue weighted by Crippen LogP contribution is 2.22. The molecule has 1 aromatic carbocycles. The topological polar surface area (TPSA) is 158 Å². The number of benzene rings is 1. The molecule has 0 atom stereocenters. The van der Waals surface area contributed by atoms with Crippen LogP contribution in [0.3, 0.4) is 0 Å². The number of guanidine groups is 2. The summed E-state index contributed by atoms with van der Waals surface area (Å²) in [6.45, 7) is 3.17. The molecule has 8 nitrogen and oxygen atoms in total. The molecule has 9 heteroatoms. The van der Waals surface area contributed by atoms with Gasteiger partial charge in [0.25, 0.3) is 11.8 Å². The lowest BCUT2D eigenvalue weighted by Crippen LogP contribution is -2.36. The molecule has 0 heterocycles. The summed E-state index contributed by atoms with van der Waals surface area (Å²) in [7, 11) is 0. The Morgan fingerprint density at radius 2 is 1.40 bits per heavy atom. The molecule has 0 spiro atoms. The van der Waals surface area contributed by atoms with Crippen molar-refractivity contribution < 1.29 is 9.59 Å². The second-order valence-electron chi connectivity index (χ2n) is 5.16. The van der Waals surface area contributed by atoms with Crippen molar-refractivity contribution >= 4 is 51.8 Å². The van der Waals surface area contributed by atoms with E-state index in [-0.39, 0.29) is 0 Å². The maximum Gasteiger partial charge on any atom is 0.253 e. The van der Waals surface area contributed by atoms with Crippen molar-refractivity contribution in [3.8, 4) is 0 Å². The smallest absolute Gasteiger partial charge is 0.253 e. The normalized spacial score (nSPS) is 11.6. The van der Waals surface area contributed by atoms with Gasteiger partial charge in [-0.05, 0) is 49.3 Å². The molecule has 132 valence electrons. The molecule has 0 bridgehead atoms. The van der Waals surface area contributed by atoms with Gasteiger partial charge in [-0.3, -0.25) is 31.0 Å². The van der Waals surface area contributed by atoms with Gasteiger partial charge >= 0.3 is 0 Å². The first kappa shape index (κ1) is 20.1. The third-order valence-electron chi connectivity index (χ3n) is 3.01. The average molecular weight is 407 g/mol. The predicted octanol–water partition coefficient (Wildman–Crippen LogP) is 1.28. The minimum absolute atomic E-state index is 0.341. The highest BCUT2D eigenvalue weighted by atomic mass is 79.9. The van der Waals surface area contributed by atoms with Crippen LogP contribution < -0.4 is 22.1 Å². The Balaban J connectivity index is 3.23. The van der Waals surface area contributed by atoms with E-state index in [9.17, 15) is 9.59 Å². The molecule has 1 rings (SSSR count). The first-order chi connectivity index (χ1) is 11.6. The third-order valence-corrected chi connectivity index (χ3v) is 3.50. The number of carbonyl (C=O) groups is 2. The number of hydrogen-bond donors (Lipinski definition) is 6. The van der Waals surface area contributed by atoms with E-state index in [0.717, 1.165) is 4.47 Å². The summed E-state index contributed by atoms with van der Waals surface area (Å²) in [6, 6.07) is 5.35. The van der Waals surface area contributed by atoms with Gasteiger partial charge in [0.05, 0.1) is 0 Å². The zero-order valence-electron chi connectivity index (χ0n) is 13.7. The number of halogens is 1. The number of rotatable bonds is 4. The summed E-state index contributed by atoms with van der Waals surface area (Å²) in [4.78, 5) is 23.7. The molecule has 0 radical (unpaired) electrons. The molecule has 0 aliphatic rings. The molecule has 2 amide bonds. The van der Waals surface area contributed by atoms with E-state index in [0.29, 0.717) is 22.3 Å². The Labute approximate surface area is 153 Å².